The highest BCUT2D eigenvalue weighted by Crippen LogP contribution is 2.29. The lowest BCUT2D eigenvalue weighted by Gasteiger charge is -2.41. The predicted molar refractivity (Wildman–Crippen MR) is 122 cm³/mol. The van der Waals surface area contributed by atoms with Gasteiger partial charge in [-0.25, -0.2) is 0 Å². The van der Waals surface area contributed by atoms with Crippen molar-refractivity contribution in [2.24, 2.45) is 0 Å². The Morgan fingerprint density at radius 2 is 1.65 bits per heavy atom. The van der Waals surface area contributed by atoms with Crippen LogP contribution in [0.2, 0.25) is 0 Å². The molecule has 2 saturated heterocycles. The molecule has 0 spiro atoms. The topological polar surface area (TPSA) is 169 Å². The van der Waals surface area contributed by atoms with Crippen LogP contribution in [-0.4, -0.2) is 105 Å². The molecule has 0 aromatic heterocycles. The maximum absolute atomic E-state index is 11.9. The molecule has 0 amide bonds. The number of unbranched alkanes of at least 4 members (excludes halogenated alkanes) is 4. The summed E-state index contributed by atoms with van der Waals surface area (Å²) in [4.78, 5) is 11.9. The molecule has 1 aliphatic carbocycles. The monoisotopic (exact) mass is 487 g/mol. The molecule has 0 aromatic rings. The van der Waals surface area contributed by atoms with Gasteiger partial charge in [-0.3, -0.25) is 4.79 Å². The van der Waals surface area contributed by atoms with Crippen molar-refractivity contribution in [1.29, 1.82) is 0 Å². The summed E-state index contributed by atoms with van der Waals surface area (Å²) in [6.07, 6.45) is 2.23. The molecular formula is C24H41NO9. The van der Waals surface area contributed by atoms with E-state index >= 15 is 0 Å². The van der Waals surface area contributed by atoms with Gasteiger partial charge in [0.1, 0.15) is 30.5 Å². The molecule has 0 radical (unpaired) electrons. The molecule has 2 fully saturated rings. The summed E-state index contributed by atoms with van der Waals surface area (Å²) in [6.45, 7) is -0.856. The van der Waals surface area contributed by atoms with Crippen molar-refractivity contribution >= 4 is 5.78 Å². The van der Waals surface area contributed by atoms with Crippen molar-refractivity contribution < 1.29 is 44.9 Å². The molecule has 2 heterocycles. The second-order valence-electron chi connectivity index (χ2n) is 9.70. The summed E-state index contributed by atoms with van der Waals surface area (Å²) in [5, 5.41) is 63.0. The molecule has 196 valence electrons. The van der Waals surface area contributed by atoms with Gasteiger partial charge in [-0.05, 0) is 37.7 Å². The van der Waals surface area contributed by atoms with Crippen LogP contribution >= 0.6 is 0 Å². The number of carbonyl (C=O) groups excluding carboxylic acids is 1. The molecule has 10 heteroatoms. The predicted octanol–water partition coefficient (Wildman–Crippen LogP) is -0.725. The van der Waals surface area contributed by atoms with Gasteiger partial charge in [0.15, 0.2) is 12.1 Å². The lowest BCUT2D eigenvalue weighted by molar-refractivity contribution is -0.316. The highest BCUT2D eigenvalue weighted by Gasteiger charge is 2.49. The van der Waals surface area contributed by atoms with Crippen molar-refractivity contribution in [3.63, 3.8) is 0 Å². The average molecular weight is 488 g/mol. The highest BCUT2D eigenvalue weighted by molar-refractivity contribution is 5.95. The van der Waals surface area contributed by atoms with Gasteiger partial charge in [0.25, 0.3) is 0 Å². The third kappa shape index (κ3) is 6.83. The normalized spacial score (nSPS) is 38.8. The Hall–Kier alpha value is -0.950. The zero-order valence-electron chi connectivity index (χ0n) is 19.7. The summed E-state index contributed by atoms with van der Waals surface area (Å²) < 4.78 is 11.3. The fourth-order valence-corrected chi connectivity index (χ4v) is 5.12. The minimum atomic E-state index is -1.56. The summed E-state index contributed by atoms with van der Waals surface area (Å²) >= 11 is 0. The zero-order chi connectivity index (χ0) is 24.7. The van der Waals surface area contributed by atoms with Crippen LogP contribution in [0.3, 0.4) is 0 Å². The van der Waals surface area contributed by atoms with Gasteiger partial charge in [-0.15, -0.1) is 0 Å². The molecule has 0 unspecified atom stereocenters. The minimum Gasteiger partial charge on any atom is -0.395 e. The van der Waals surface area contributed by atoms with Crippen LogP contribution in [0, 0.1) is 0 Å². The van der Waals surface area contributed by atoms with Crippen LogP contribution in [0.25, 0.3) is 0 Å². The van der Waals surface area contributed by atoms with Crippen molar-refractivity contribution in [1.82, 2.24) is 5.32 Å². The minimum absolute atomic E-state index is 0.291. The first-order chi connectivity index (χ1) is 16.4. The number of hydrogen-bond acceptors (Lipinski definition) is 10. The lowest BCUT2D eigenvalue weighted by atomic mass is 9.93. The molecule has 0 saturated carbocycles. The Kier molecular flexibility index (Phi) is 10.9. The first-order valence-corrected chi connectivity index (χ1v) is 12.6. The molecule has 0 bridgehead atoms. The first kappa shape index (κ1) is 27.6. The molecule has 9 atom stereocenters. The quantitative estimate of drug-likeness (QED) is 0.174. The third-order valence-electron chi connectivity index (χ3n) is 7.23. The third-order valence-corrected chi connectivity index (χ3v) is 7.23. The standard InChI is InChI=1S/C24H41NO9/c26-12-16-19(29)23(34-24-22(32)21(31)20(30)18(13-27)33-24)15(25-16)10-5-3-1-2-4-8-14-9-6-7-11-17(14)28/h9,15-16,18-27,29-32H,1-8,10-13H2/t15-,16+,18-,19+,20-,21+,22-,23+,24+/m0/s1. The van der Waals surface area contributed by atoms with Gasteiger partial charge in [0, 0.05) is 12.5 Å². The molecule has 7 N–H and O–H groups in total. The van der Waals surface area contributed by atoms with Gasteiger partial charge < -0.3 is 45.4 Å². The summed E-state index contributed by atoms with van der Waals surface area (Å²) in [5.41, 5.74) is 0.985. The Labute approximate surface area is 200 Å². The van der Waals surface area contributed by atoms with E-state index in [4.69, 9.17) is 9.47 Å². The van der Waals surface area contributed by atoms with Crippen LogP contribution in [0.5, 0.6) is 0 Å². The summed E-state index contributed by atoms with van der Waals surface area (Å²) in [5.74, 6) is 0.293. The molecule has 3 aliphatic rings. The molecular weight excluding hydrogens is 446 g/mol. The van der Waals surface area contributed by atoms with Crippen molar-refractivity contribution in [2.45, 2.75) is 119 Å². The number of aliphatic hydroxyl groups excluding tert-OH is 6. The SMILES string of the molecule is O=C1CCCC=C1CCCCCCC[C@@H]1N[C@H](CO)[C@@H](O)[C@@H]1O[C@H]1O[C@@H](CO)[C@H](O)[C@@H](O)[C@@H]1O. The molecule has 2 aliphatic heterocycles. The van der Waals surface area contributed by atoms with Crippen LogP contribution in [0.4, 0.5) is 0 Å². The number of nitrogens with one attached hydrogen (secondary N) is 1. The van der Waals surface area contributed by atoms with E-state index in [0.29, 0.717) is 18.6 Å². The zero-order valence-corrected chi connectivity index (χ0v) is 19.7. The number of hydrogen-bond donors (Lipinski definition) is 7. The van der Waals surface area contributed by atoms with E-state index in [-0.39, 0.29) is 12.6 Å². The van der Waals surface area contributed by atoms with E-state index in [0.717, 1.165) is 56.9 Å². The van der Waals surface area contributed by atoms with E-state index in [2.05, 4.69) is 11.4 Å². The van der Waals surface area contributed by atoms with Crippen molar-refractivity contribution in [3.05, 3.63) is 11.6 Å². The van der Waals surface area contributed by atoms with Gasteiger partial charge in [-0.1, -0.05) is 31.8 Å². The van der Waals surface area contributed by atoms with Crippen LogP contribution < -0.4 is 5.32 Å². The lowest BCUT2D eigenvalue weighted by Crippen LogP contribution is -2.60. The second-order valence-corrected chi connectivity index (χ2v) is 9.70. The summed E-state index contributed by atoms with van der Waals surface area (Å²) in [6, 6.07) is -0.897. The molecule has 3 rings (SSSR count). The van der Waals surface area contributed by atoms with Crippen molar-refractivity contribution in [3.8, 4) is 0 Å². The summed E-state index contributed by atoms with van der Waals surface area (Å²) in [7, 11) is 0. The van der Waals surface area contributed by atoms with Crippen LogP contribution in [0.1, 0.15) is 64.2 Å². The fourth-order valence-electron chi connectivity index (χ4n) is 5.12. The number of allylic oxidation sites excluding steroid dienone is 2. The first-order valence-electron chi connectivity index (χ1n) is 12.6. The van der Waals surface area contributed by atoms with Crippen LogP contribution in [-0.2, 0) is 14.3 Å². The average Bonchev–Trinajstić information content (AvgIpc) is 3.14. The van der Waals surface area contributed by atoms with E-state index in [1.165, 1.54) is 0 Å². The number of rotatable bonds is 12. The molecule has 34 heavy (non-hydrogen) atoms. The Morgan fingerprint density at radius 3 is 2.35 bits per heavy atom. The Morgan fingerprint density at radius 1 is 0.912 bits per heavy atom. The highest BCUT2D eigenvalue weighted by atomic mass is 16.7. The second kappa shape index (κ2) is 13.4. The van der Waals surface area contributed by atoms with E-state index in [9.17, 15) is 35.4 Å². The van der Waals surface area contributed by atoms with Gasteiger partial charge >= 0.3 is 0 Å². The Bertz CT molecular complexity index is 673. The smallest absolute Gasteiger partial charge is 0.187 e. The maximum atomic E-state index is 11.9. The van der Waals surface area contributed by atoms with E-state index < -0.39 is 55.6 Å². The largest absolute Gasteiger partial charge is 0.395 e. The number of ketones is 1. The number of carbonyl (C=O) groups is 1. The number of Topliss-reactive ketones (excluding diaryl/α,β-unsaturated/α-hetero) is 1. The van der Waals surface area contributed by atoms with Gasteiger partial charge in [0.2, 0.25) is 0 Å². The van der Waals surface area contributed by atoms with Gasteiger partial charge in [-0.2, -0.15) is 0 Å². The molecule has 10 nitrogen and oxygen atoms in total. The van der Waals surface area contributed by atoms with Gasteiger partial charge in [0.05, 0.1) is 25.4 Å². The van der Waals surface area contributed by atoms with Crippen molar-refractivity contribution in [2.75, 3.05) is 13.2 Å². The number of ether oxygens (including phenoxy) is 2. The van der Waals surface area contributed by atoms with Crippen LogP contribution in [0.15, 0.2) is 11.6 Å². The Balaban J connectivity index is 1.44. The fraction of sp³-hybridized carbons (Fsp3) is 0.875. The number of aliphatic hydroxyl groups is 6. The van der Waals surface area contributed by atoms with E-state index in [1.54, 1.807) is 0 Å². The van der Waals surface area contributed by atoms with E-state index in [1.807, 2.05) is 0 Å². The molecule has 0 aromatic carbocycles. The maximum Gasteiger partial charge on any atom is 0.187 e.